The third kappa shape index (κ3) is 3.18. The third-order valence-electron chi connectivity index (χ3n) is 4.76. The van der Waals surface area contributed by atoms with Crippen molar-refractivity contribution in [3.05, 3.63) is 24.3 Å². The Bertz CT molecular complexity index is 474. The van der Waals surface area contributed by atoms with Gasteiger partial charge in [-0.05, 0) is 57.9 Å². The fourth-order valence-electron chi connectivity index (χ4n) is 4.13. The van der Waals surface area contributed by atoms with Crippen LogP contribution in [0.2, 0.25) is 0 Å². The van der Waals surface area contributed by atoms with Gasteiger partial charge in [0, 0.05) is 29.9 Å². The molecule has 0 radical (unpaired) electrons. The van der Waals surface area contributed by atoms with Crippen LogP contribution in [-0.4, -0.2) is 30.8 Å². The molecule has 0 bridgehead atoms. The third-order valence-corrected chi connectivity index (χ3v) is 4.76. The highest BCUT2D eigenvalue weighted by atomic mass is 16.5. The number of anilines is 1. The highest BCUT2D eigenvalue weighted by molar-refractivity contribution is 5.51. The summed E-state index contributed by atoms with van der Waals surface area (Å²) in [5, 5.41) is 3.93. The highest BCUT2D eigenvalue weighted by Crippen LogP contribution is 2.37. The van der Waals surface area contributed by atoms with E-state index in [0.717, 1.165) is 25.4 Å². The van der Waals surface area contributed by atoms with Crippen molar-refractivity contribution in [1.29, 1.82) is 0 Å². The van der Waals surface area contributed by atoms with Gasteiger partial charge in [0.25, 0.3) is 0 Å². The molecular weight excluding hydrogens is 260 g/mol. The molecule has 0 unspecified atom stereocenters. The smallest absolute Gasteiger partial charge is 0.119 e. The maximum atomic E-state index is 5.55. The van der Waals surface area contributed by atoms with Crippen molar-refractivity contribution < 1.29 is 4.74 Å². The minimum atomic E-state index is 0.168. The largest absolute Gasteiger partial charge is 0.494 e. The van der Waals surface area contributed by atoms with Crippen LogP contribution in [0.5, 0.6) is 5.75 Å². The molecule has 1 heterocycles. The van der Waals surface area contributed by atoms with E-state index in [9.17, 15) is 0 Å². The average molecular weight is 288 g/mol. The van der Waals surface area contributed by atoms with Crippen LogP contribution < -0.4 is 15.0 Å². The lowest BCUT2D eigenvalue weighted by molar-refractivity contribution is 0.197. The van der Waals surface area contributed by atoms with Gasteiger partial charge in [0.1, 0.15) is 5.75 Å². The lowest BCUT2D eigenvalue weighted by Crippen LogP contribution is -2.68. The molecule has 1 aromatic carbocycles. The Labute approximate surface area is 128 Å². The van der Waals surface area contributed by atoms with Gasteiger partial charge in [0.05, 0.1) is 6.61 Å². The molecule has 0 amide bonds. The topological polar surface area (TPSA) is 24.5 Å². The number of hydrogen-bond acceptors (Lipinski definition) is 3. The number of hydrogen-bond donors (Lipinski definition) is 1. The van der Waals surface area contributed by atoms with E-state index in [2.05, 4.69) is 48.3 Å². The number of piperazine rings is 1. The molecular formula is C18H28N2O. The van der Waals surface area contributed by atoms with Gasteiger partial charge in [-0.25, -0.2) is 0 Å². The standard InChI is InChI=1S/C18H28N2O/c1-4-21-16-9-7-15(8-10-16)20-13-17(2,3)19-18(14-20)11-5-6-12-18/h7-10,19H,4-6,11-14H2,1-3H3. The van der Waals surface area contributed by atoms with Gasteiger partial charge >= 0.3 is 0 Å². The summed E-state index contributed by atoms with van der Waals surface area (Å²) in [6.07, 6.45) is 5.34. The Morgan fingerprint density at radius 2 is 1.76 bits per heavy atom. The van der Waals surface area contributed by atoms with Crippen LogP contribution in [0.1, 0.15) is 46.5 Å². The van der Waals surface area contributed by atoms with Crippen molar-refractivity contribution in [3.8, 4) is 5.75 Å². The molecule has 2 aliphatic rings. The molecule has 1 spiro atoms. The van der Waals surface area contributed by atoms with Crippen LogP contribution in [0.3, 0.4) is 0 Å². The number of ether oxygens (including phenoxy) is 1. The Balaban J connectivity index is 1.80. The zero-order valence-corrected chi connectivity index (χ0v) is 13.6. The van der Waals surface area contributed by atoms with Crippen LogP contribution in [0, 0.1) is 0 Å². The van der Waals surface area contributed by atoms with Gasteiger partial charge in [-0.2, -0.15) is 0 Å². The minimum absolute atomic E-state index is 0.168. The van der Waals surface area contributed by atoms with E-state index in [-0.39, 0.29) is 5.54 Å². The summed E-state index contributed by atoms with van der Waals surface area (Å²) in [5.74, 6) is 0.964. The van der Waals surface area contributed by atoms with E-state index in [4.69, 9.17) is 4.74 Å². The second kappa shape index (κ2) is 5.53. The monoisotopic (exact) mass is 288 g/mol. The van der Waals surface area contributed by atoms with Gasteiger partial charge in [0.15, 0.2) is 0 Å². The Morgan fingerprint density at radius 1 is 1.10 bits per heavy atom. The number of rotatable bonds is 3. The summed E-state index contributed by atoms with van der Waals surface area (Å²) in [6.45, 7) is 9.59. The van der Waals surface area contributed by atoms with E-state index in [1.54, 1.807) is 0 Å². The number of benzene rings is 1. The first-order valence-corrected chi connectivity index (χ1v) is 8.29. The maximum absolute atomic E-state index is 5.55. The number of nitrogens with zero attached hydrogens (tertiary/aromatic N) is 1. The normalized spacial score (nSPS) is 23.5. The first kappa shape index (κ1) is 14.7. The molecule has 1 saturated carbocycles. The molecule has 2 fully saturated rings. The predicted molar refractivity (Wildman–Crippen MR) is 88.2 cm³/mol. The van der Waals surface area contributed by atoms with Crippen molar-refractivity contribution in [3.63, 3.8) is 0 Å². The quantitative estimate of drug-likeness (QED) is 0.920. The van der Waals surface area contributed by atoms with E-state index < -0.39 is 0 Å². The van der Waals surface area contributed by atoms with Crippen LogP contribution in [-0.2, 0) is 0 Å². The van der Waals surface area contributed by atoms with E-state index in [1.807, 2.05) is 6.92 Å². The molecule has 0 aromatic heterocycles. The van der Waals surface area contributed by atoms with Crippen molar-refractivity contribution in [2.75, 3.05) is 24.6 Å². The fourth-order valence-corrected chi connectivity index (χ4v) is 4.13. The zero-order chi connectivity index (χ0) is 14.9. The van der Waals surface area contributed by atoms with Gasteiger partial charge in [-0.15, -0.1) is 0 Å². The van der Waals surface area contributed by atoms with Crippen molar-refractivity contribution >= 4 is 5.69 Å². The summed E-state index contributed by atoms with van der Waals surface area (Å²) in [5.41, 5.74) is 1.81. The minimum Gasteiger partial charge on any atom is -0.494 e. The Morgan fingerprint density at radius 3 is 2.38 bits per heavy atom. The summed E-state index contributed by atoms with van der Waals surface area (Å²) in [6, 6.07) is 8.59. The van der Waals surface area contributed by atoms with Gasteiger partial charge in [0.2, 0.25) is 0 Å². The molecule has 1 saturated heterocycles. The Kier molecular flexibility index (Phi) is 3.87. The fraction of sp³-hybridized carbons (Fsp3) is 0.667. The predicted octanol–water partition coefficient (Wildman–Crippen LogP) is 3.59. The second-order valence-electron chi connectivity index (χ2n) is 7.28. The summed E-state index contributed by atoms with van der Waals surface area (Å²) < 4.78 is 5.55. The first-order chi connectivity index (χ1) is 10.0. The molecule has 3 heteroatoms. The lowest BCUT2D eigenvalue weighted by Gasteiger charge is -2.51. The van der Waals surface area contributed by atoms with E-state index >= 15 is 0 Å². The van der Waals surface area contributed by atoms with E-state index in [0.29, 0.717) is 5.54 Å². The van der Waals surface area contributed by atoms with Crippen LogP contribution in [0.4, 0.5) is 5.69 Å². The van der Waals surface area contributed by atoms with Crippen LogP contribution in [0.25, 0.3) is 0 Å². The second-order valence-corrected chi connectivity index (χ2v) is 7.28. The van der Waals surface area contributed by atoms with Crippen molar-refractivity contribution in [1.82, 2.24) is 5.32 Å². The Hall–Kier alpha value is -1.22. The van der Waals surface area contributed by atoms with E-state index in [1.165, 1.54) is 31.4 Å². The maximum Gasteiger partial charge on any atom is 0.119 e. The van der Waals surface area contributed by atoms with Gasteiger partial charge < -0.3 is 15.0 Å². The SMILES string of the molecule is CCOc1ccc(N2CC(C)(C)NC3(CCCC3)C2)cc1. The molecule has 1 N–H and O–H groups in total. The zero-order valence-electron chi connectivity index (χ0n) is 13.6. The molecule has 1 aliphatic carbocycles. The summed E-state index contributed by atoms with van der Waals surface area (Å²) >= 11 is 0. The highest BCUT2D eigenvalue weighted by Gasteiger charge is 2.44. The molecule has 0 atom stereocenters. The van der Waals surface area contributed by atoms with Crippen molar-refractivity contribution in [2.24, 2.45) is 0 Å². The summed E-state index contributed by atoms with van der Waals surface area (Å²) in [7, 11) is 0. The van der Waals surface area contributed by atoms with Crippen molar-refractivity contribution in [2.45, 2.75) is 57.5 Å². The van der Waals surface area contributed by atoms with Gasteiger partial charge in [-0.1, -0.05) is 12.8 Å². The molecule has 116 valence electrons. The molecule has 1 aromatic rings. The van der Waals surface area contributed by atoms with Crippen LogP contribution >= 0.6 is 0 Å². The molecule has 1 aliphatic heterocycles. The van der Waals surface area contributed by atoms with Gasteiger partial charge in [-0.3, -0.25) is 0 Å². The summed E-state index contributed by atoms with van der Waals surface area (Å²) in [4.78, 5) is 2.55. The van der Waals surface area contributed by atoms with Crippen LogP contribution in [0.15, 0.2) is 24.3 Å². The molecule has 3 nitrogen and oxygen atoms in total. The molecule has 3 rings (SSSR count). The molecule has 21 heavy (non-hydrogen) atoms. The lowest BCUT2D eigenvalue weighted by atomic mass is 9.87. The average Bonchev–Trinajstić information content (AvgIpc) is 2.85. The number of nitrogens with one attached hydrogen (secondary N) is 1. The first-order valence-electron chi connectivity index (χ1n) is 8.29.